The zero-order valence-electron chi connectivity index (χ0n) is 14.2. The number of aromatic nitrogens is 1. The second kappa shape index (κ2) is 7.83. The lowest BCUT2D eigenvalue weighted by Gasteiger charge is -2.38. The number of carbonyl (C=O) groups is 1. The molecule has 1 aromatic heterocycles. The van der Waals surface area contributed by atoms with E-state index in [0.717, 1.165) is 18.4 Å². The van der Waals surface area contributed by atoms with Crippen molar-refractivity contribution < 1.29 is 14.6 Å². The van der Waals surface area contributed by atoms with Gasteiger partial charge >= 0.3 is 6.03 Å². The highest BCUT2D eigenvalue weighted by Crippen LogP contribution is 2.38. The van der Waals surface area contributed by atoms with E-state index in [0.29, 0.717) is 18.6 Å². The summed E-state index contributed by atoms with van der Waals surface area (Å²) < 4.78 is 5.24. The Morgan fingerprint density at radius 1 is 1.29 bits per heavy atom. The Morgan fingerprint density at radius 2 is 2.04 bits per heavy atom. The molecule has 1 unspecified atom stereocenters. The number of ether oxygens (including phenoxy) is 1. The largest absolute Gasteiger partial charge is 0.495 e. The maximum absolute atomic E-state index is 12.4. The molecule has 1 heterocycles. The predicted octanol–water partition coefficient (Wildman–Crippen LogP) is 2.53. The summed E-state index contributed by atoms with van der Waals surface area (Å²) in [5.41, 5.74) is 0.921. The van der Waals surface area contributed by atoms with Crippen LogP contribution in [0, 0.1) is 5.92 Å². The number of rotatable bonds is 5. The van der Waals surface area contributed by atoms with E-state index in [4.69, 9.17) is 4.74 Å². The molecule has 3 rings (SSSR count). The summed E-state index contributed by atoms with van der Waals surface area (Å²) >= 11 is 0. The molecule has 2 saturated carbocycles. The van der Waals surface area contributed by atoms with Crippen molar-refractivity contribution >= 4 is 6.03 Å². The van der Waals surface area contributed by atoms with E-state index in [1.165, 1.54) is 19.3 Å². The van der Waals surface area contributed by atoms with Crippen molar-refractivity contribution in [2.24, 2.45) is 5.92 Å². The quantitative estimate of drug-likeness (QED) is 0.773. The lowest BCUT2D eigenvalue weighted by molar-refractivity contribution is 0.0257. The van der Waals surface area contributed by atoms with Gasteiger partial charge in [-0.05, 0) is 43.2 Å². The van der Waals surface area contributed by atoms with Gasteiger partial charge in [0, 0.05) is 12.2 Å². The van der Waals surface area contributed by atoms with Gasteiger partial charge in [0.15, 0.2) is 0 Å². The van der Waals surface area contributed by atoms with Crippen molar-refractivity contribution in [3.05, 3.63) is 24.0 Å². The zero-order valence-corrected chi connectivity index (χ0v) is 14.2. The number of methoxy groups -OCH3 is 1. The van der Waals surface area contributed by atoms with Crippen LogP contribution in [0.2, 0.25) is 0 Å². The van der Waals surface area contributed by atoms with Gasteiger partial charge in [-0.2, -0.15) is 0 Å². The number of pyridine rings is 1. The Hall–Kier alpha value is -1.82. The van der Waals surface area contributed by atoms with Crippen LogP contribution in [-0.4, -0.2) is 35.4 Å². The van der Waals surface area contributed by atoms with Crippen LogP contribution < -0.4 is 15.4 Å². The zero-order chi connectivity index (χ0) is 16.9. The van der Waals surface area contributed by atoms with Gasteiger partial charge in [-0.15, -0.1) is 0 Å². The molecule has 0 bridgehead atoms. The lowest BCUT2D eigenvalue weighted by atomic mass is 9.75. The molecule has 132 valence electrons. The highest BCUT2D eigenvalue weighted by Gasteiger charge is 2.36. The molecule has 6 nitrogen and oxygen atoms in total. The van der Waals surface area contributed by atoms with E-state index in [1.807, 2.05) is 6.07 Å². The first-order chi connectivity index (χ1) is 11.7. The van der Waals surface area contributed by atoms with Crippen LogP contribution in [0.5, 0.6) is 5.75 Å². The summed E-state index contributed by atoms with van der Waals surface area (Å²) in [7, 11) is 1.60. The van der Waals surface area contributed by atoms with Crippen LogP contribution in [-0.2, 0) is 0 Å². The molecule has 2 aliphatic carbocycles. The van der Waals surface area contributed by atoms with Gasteiger partial charge in [0.1, 0.15) is 5.75 Å². The first-order valence-electron chi connectivity index (χ1n) is 8.89. The third-order valence-electron chi connectivity index (χ3n) is 5.18. The number of aliphatic hydroxyl groups excluding tert-OH is 1. The summed E-state index contributed by atoms with van der Waals surface area (Å²) in [4.78, 5) is 16.6. The van der Waals surface area contributed by atoms with Crippen molar-refractivity contribution in [1.29, 1.82) is 0 Å². The number of hydrogen-bond donors (Lipinski definition) is 3. The normalized spacial score (nSPS) is 25.4. The number of hydrogen-bond acceptors (Lipinski definition) is 4. The van der Waals surface area contributed by atoms with Gasteiger partial charge in [-0.1, -0.05) is 19.3 Å². The fraction of sp³-hybridized carbons (Fsp3) is 0.667. The molecule has 0 aliphatic heterocycles. The van der Waals surface area contributed by atoms with Crippen LogP contribution in [0.4, 0.5) is 4.79 Å². The Bertz CT molecular complexity index is 554. The van der Waals surface area contributed by atoms with Crippen LogP contribution in [0.3, 0.4) is 0 Å². The Balaban J connectivity index is 1.66. The van der Waals surface area contributed by atoms with Crippen molar-refractivity contribution in [3.63, 3.8) is 0 Å². The van der Waals surface area contributed by atoms with Gasteiger partial charge in [0.05, 0.1) is 25.5 Å². The van der Waals surface area contributed by atoms with Crippen LogP contribution in [0.15, 0.2) is 18.5 Å². The van der Waals surface area contributed by atoms with Crippen molar-refractivity contribution in [1.82, 2.24) is 15.6 Å². The Labute approximate surface area is 143 Å². The van der Waals surface area contributed by atoms with Crippen LogP contribution in [0.25, 0.3) is 0 Å². The van der Waals surface area contributed by atoms with E-state index in [-0.39, 0.29) is 30.1 Å². The molecule has 24 heavy (non-hydrogen) atoms. The van der Waals surface area contributed by atoms with E-state index in [1.54, 1.807) is 19.5 Å². The van der Waals surface area contributed by atoms with E-state index in [9.17, 15) is 9.90 Å². The summed E-state index contributed by atoms with van der Waals surface area (Å²) in [5.74, 6) is 0.901. The summed E-state index contributed by atoms with van der Waals surface area (Å²) in [6.45, 7) is 0. The smallest absolute Gasteiger partial charge is 0.315 e. The van der Waals surface area contributed by atoms with Gasteiger partial charge < -0.3 is 20.5 Å². The first kappa shape index (κ1) is 17.0. The number of urea groups is 1. The van der Waals surface area contributed by atoms with Crippen molar-refractivity contribution in [2.45, 2.75) is 63.1 Å². The first-order valence-corrected chi connectivity index (χ1v) is 8.89. The average molecular weight is 333 g/mol. The third kappa shape index (κ3) is 4.17. The molecule has 0 spiro atoms. The molecule has 0 radical (unpaired) electrons. The number of amides is 2. The summed E-state index contributed by atoms with van der Waals surface area (Å²) in [6.07, 6.45) is 10.3. The molecule has 2 amide bonds. The van der Waals surface area contributed by atoms with Gasteiger partial charge in [0.25, 0.3) is 0 Å². The standard InChI is InChI=1S/C18H27N3O3/c1-24-16-9-13(10-19-11-16)17(12-7-15(22)8-12)21-18(23)20-14-5-3-2-4-6-14/h9-12,14-15,17,22H,2-8H2,1H3,(H2,20,21,23). The number of nitrogens with zero attached hydrogens (tertiary/aromatic N) is 1. The molecule has 0 saturated heterocycles. The molecule has 1 aromatic rings. The highest BCUT2D eigenvalue weighted by atomic mass is 16.5. The van der Waals surface area contributed by atoms with Crippen LogP contribution >= 0.6 is 0 Å². The topological polar surface area (TPSA) is 83.5 Å². The van der Waals surface area contributed by atoms with Crippen LogP contribution in [0.1, 0.15) is 56.6 Å². The average Bonchev–Trinajstić information content (AvgIpc) is 2.58. The summed E-state index contributed by atoms with van der Waals surface area (Å²) in [6, 6.07) is 1.90. The molecule has 6 heteroatoms. The second-order valence-corrected chi connectivity index (χ2v) is 6.97. The van der Waals surface area contributed by atoms with E-state index in [2.05, 4.69) is 15.6 Å². The molecule has 2 aliphatic rings. The Kier molecular flexibility index (Phi) is 5.56. The highest BCUT2D eigenvalue weighted by molar-refractivity contribution is 5.74. The molecular formula is C18H27N3O3. The molecular weight excluding hydrogens is 306 g/mol. The monoisotopic (exact) mass is 333 g/mol. The van der Waals surface area contributed by atoms with E-state index < -0.39 is 0 Å². The minimum atomic E-state index is -0.265. The SMILES string of the molecule is COc1cncc(C(NC(=O)NC2CCCCC2)C2CC(O)C2)c1. The number of aliphatic hydroxyl groups is 1. The van der Waals surface area contributed by atoms with Crippen molar-refractivity contribution in [2.75, 3.05) is 7.11 Å². The number of carbonyl (C=O) groups excluding carboxylic acids is 1. The summed E-state index contributed by atoms with van der Waals surface area (Å²) in [5, 5.41) is 15.8. The Morgan fingerprint density at radius 3 is 2.71 bits per heavy atom. The van der Waals surface area contributed by atoms with E-state index >= 15 is 0 Å². The lowest BCUT2D eigenvalue weighted by Crippen LogP contribution is -2.48. The maximum Gasteiger partial charge on any atom is 0.315 e. The third-order valence-corrected chi connectivity index (χ3v) is 5.18. The van der Waals surface area contributed by atoms with Gasteiger partial charge in [0.2, 0.25) is 0 Å². The predicted molar refractivity (Wildman–Crippen MR) is 90.8 cm³/mol. The molecule has 1 atom stereocenters. The fourth-order valence-electron chi connectivity index (χ4n) is 3.71. The fourth-order valence-corrected chi connectivity index (χ4v) is 3.71. The van der Waals surface area contributed by atoms with Gasteiger partial charge in [-0.25, -0.2) is 4.79 Å². The molecule has 2 fully saturated rings. The maximum atomic E-state index is 12.4. The second-order valence-electron chi connectivity index (χ2n) is 6.97. The molecule has 0 aromatic carbocycles. The van der Waals surface area contributed by atoms with Crippen molar-refractivity contribution in [3.8, 4) is 5.75 Å². The minimum Gasteiger partial charge on any atom is -0.495 e. The van der Waals surface area contributed by atoms with Gasteiger partial charge in [-0.3, -0.25) is 4.98 Å². The number of nitrogens with one attached hydrogen (secondary N) is 2. The minimum absolute atomic E-state index is 0.129. The molecule has 3 N–H and O–H groups in total.